The van der Waals surface area contributed by atoms with Crippen LogP contribution in [0, 0.1) is 0 Å². The van der Waals surface area contributed by atoms with Gasteiger partial charge in [0.05, 0.1) is 30.7 Å². The Hall–Kier alpha value is -3.21. The van der Waals surface area contributed by atoms with E-state index in [0.717, 1.165) is 5.56 Å². The molecule has 138 valence electrons. The van der Waals surface area contributed by atoms with Crippen LogP contribution in [0.4, 0.5) is 0 Å². The average molecular weight is 364 g/mol. The molecular formula is C22H20O5. The normalized spacial score (nSPS) is 14.5. The van der Waals surface area contributed by atoms with E-state index in [9.17, 15) is 4.79 Å². The lowest BCUT2D eigenvalue weighted by Gasteiger charge is -2.28. The van der Waals surface area contributed by atoms with Crippen LogP contribution in [0.2, 0.25) is 0 Å². The Kier molecular flexibility index (Phi) is 3.95. The summed E-state index contributed by atoms with van der Waals surface area (Å²) in [6.45, 7) is 3.96. The molecule has 1 aliphatic heterocycles. The minimum Gasteiger partial charge on any atom is -0.497 e. The summed E-state index contributed by atoms with van der Waals surface area (Å²) in [4.78, 5) is 12.7. The van der Waals surface area contributed by atoms with E-state index in [1.807, 2.05) is 38.1 Å². The molecule has 0 unspecified atom stereocenters. The fraction of sp³-hybridized carbons (Fsp3) is 0.227. The summed E-state index contributed by atoms with van der Waals surface area (Å²) in [7, 11) is 3.16. The molecule has 5 heteroatoms. The van der Waals surface area contributed by atoms with Crippen LogP contribution in [0.25, 0.3) is 28.4 Å². The maximum atomic E-state index is 12.7. The molecule has 5 nitrogen and oxygen atoms in total. The van der Waals surface area contributed by atoms with Crippen molar-refractivity contribution in [1.82, 2.24) is 0 Å². The Bertz CT molecular complexity index is 1120. The second-order valence-corrected chi connectivity index (χ2v) is 6.93. The van der Waals surface area contributed by atoms with Gasteiger partial charge in [-0.2, -0.15) is 0 Å². The largest absolute Gasteiger partial charge is 0.497 e. The van der Waals surface area contributed by atoms with Crippen molar-refractivity contribution >= 4 is 17.0 Å². The third-order valence-electron chi connectivity index (χ3n) is 4.59. The molecule has 4 rings (SSSR count). The predicted molar refractivity (Wildman–Crippen MR) is 105 cm³/mol. The number of rotatable bonds is 3. The van der Waals surface area contributed by atoms with Gasteiger partial charge in [-0.15, -0.1) is 0 Å². The van der Waals surface area contributed by atoms with Gasteiger partial charge in [-0.25, -0.2) is 0 Å². The molecule has 2 heterocycles. The van der Waals surface area contributed by atoms with E-state index < -0.39 is 5.60 Å². The lowest BCUT2D eigenvalue weighted by molar-refractivity contribution is 0.159. The lowest BCUT2D eigenvalue weighted by atomic mass is 10.00. The van der Waals surface area contributed by atoms with Crippen molar-refractivity contribution in [2.75, 3.05) is 14.2 Å². The molecule has 1 aliphatic rings. The van der Waals surface area contributed by atoms with Gasteiger partial charge in [0.25, 0.3) is 0 Å². The van der Waals surface area contributed by atoms with Crippen LogP contribution < -0.4 is 19.6 Å². The molecule has 0 N–H and O–H groups in total. The summed E-state index contributed by atoms with van der Waals surface area (Å²) in [5, 5.41) is 0.512. The van der Waals surface area contributed by atoms with Gasteiger partial charge in [-0.3, -0.25) is 4.79 Å². The van der Waals surface area contributed by atoms with E-state index >= 15 is 0 Å². The van der Waals surface area contributed by atoms with Gasteiger partial charge in [-0.05, 0) is 50.3 Å². The monoisotopic (exact) mass is 364 g/mol. The molecule has 27 heavy (non-hydrogen) atoms. The maximum Gasteiger partial charge on any atom is 0.193 e. The molecule has 0 atom stereocenters. The average Bonchev–Trinajstić information content (AvgIpc) is 2.66. The van der Waals surface area contributed by atoms with Crippen LogP contribution in [0.1, 0.15) is 19.4 Å². The van der Waals surface area contributed by atoms with Gasteiger partial charge in [0.1, 0.15) is 34.2 Å². The first kappa shape index (κ1) is 17.2. The van der Waals surface area contributed by atoms with Crippen LogP contribution in [0.15, 0.2) is 51.7 Å². The predicted octanol–water partition coefficient (Wildman–Crippen LogP) is 4.66. The summed E-state index contributed by atoms with van der Waals surface area (Å²) < 4.78 is 22.8. The van der Waals surface area contributed by atoms with Crippen LogP contribution in [0.5, 0.6) is 17.2 Å². The number of hydrogen-bond acceptors (Lipinski definition) is 5. The smallest absolute Gasteiger partial charge is 0.193 e. The highest BCUT2D eigenvalue weighted by atomic mass is 16.5. The first-order valence-corrected chi connectivity index (χ1v) is 8.63. The van der Waals surface area contributed by atoms with Crippen molar-refractivity contribution in [3.63, 3.8) is 0 Å². The molecule has 0 saturated carbocycles. The molecule has 0 radical (unpaired) electrons. The Morgan fingerprint density at radius 1 is 1.00 bits per heavy atom. The second kappa shape index (κ2) is 6.20. The van der Waals surface area contributed by atoms with Crippen molar-refractivity contribution in [3.05, 3.63) is 58.3 Å². The van der Waals surface area contributed by atoms with Gasteiger partial charge in [0.2, 0.25) is 0 Å². The van der Waals surface area contributed by atoms with Crippen LogP contribution >= 0.6 is 0 Å². The molecule has 1 aromatic heterocycles. The lowest BCUT2D eigenvalue weighted by Crippen LogP contribution is -2.27. The van der Waals surface area contributed by atoms with E-state index in [1.165, 1.54) is 6.07 Å². The van der Waals surface area contributed by atoms with Crippen molar-refractivity contribution in [2.45, 2.75) is 19.4 Å². The number of ether oxygens (including phenoxy) is 3. The molecule has 2 aromatic carbocycles. The number of hydrogen-bond donors (Lipinski definition) is 0. The van der Waals surface area contributed by atoms with Gasteiger partial charge in [0.15, 0.2) is 5.43 Å². The number of fused-ring (bicyclic) bond motifs is 3. The van der Waals surface area contributed by atoms with E-state index in [2.05, 4.69) is 0 Å². The Morgan fingerprint density at radius 3 is 2.56 bits per heavy atom. The summed E-state index contributed by atoms with van der Waals surface area (Å²) in [5.74, 6) is 2.35. The van der Waals surface area contributed by atoms with Crippen molar-refractivity contribution in [3.8, 4) is 28.6 Å². The Labute approximate surface area is 156 Å². The summed E-state index contributed by atoms with van der Waals surface area (Å²) in [5.41, 5.74) is 1.41. The van der Waals surface area contributed by atoms with Gasteiger partial charge < -0.3 is 18.6 Å². The fourth-order valence-electron chi connectivity index (χ4n) is 3.20. The molecule has 0 spiro atoms. The van der Waals surface area contributed by atoms with Crippen molar-refractivity contribution in [1.29, 1.82) is 0 Å². The SMILES string of the molecule is COc1ccc(-c2cc(=O)c3ccc4c(c3o2)C=CC(C)(C)O4)c(OC)c1. The van der Waals surface area contributed by atoms with E-state index in [4.69, 9.17) is 18.6 Å². The zero-order valence-electron chi connectivity index (χ0n) is 15.7. The van der Waals surface area contributed by atoms with Crippen molar-refractivity contribution < 1.29 is 18.6 Å². The molecule has 0 amide bonds. The maximum absolute atomic E-state index is 12.7. The molecule has 0 bridgehead atoms. The standard InChI is InChI=1S/C22H20O5/c1-22(2)10-9-16-18(27-22)8-7-14-17(23)12-20(26-21(14)16)15-6-5-13(24-3)11-19(15)25-4/h5-12H,1-4H3. The molecule has 0 aliphatic carbocycles. The van der Waals surface area contributed by atoms with Crippen LogP contribution in [-0.4, -0.2) is 19.8 Å². The van der Waals surface area contributed by atoms with Gasteiger partial charge >= 0.3 is 0 Å². The molecule has 0 fully saturated rings. The number of benzene rings is 2. The van der Waals surface area contributed by atoms with E-state index in [-0.39, 0.29) is 5.43 Å². The highest BCUT2D eigenvalue weighted by Gasteiger charge is 2.24. The van der Waals surface area contributed by atoms with E-state index in [0.29, 0.717) is 39.5 Å². The van der Waals surface area contributed by atoms with Crippen molar-refractivity contribution in [2.24, 2.45) is 0 Å². The Morgan fingerprint density at radius 2 is 1.81 bits per heavy atom. The topological polar surface area (TPSA) is 57.9 Å². The number of methoxy groups -OCH3 is 2. The third-order valence-corrected chi connectivity index (χ3v) is 4.59. The van der Waals surface area contributed by atoms with Gasteiger partial charge in [0, 0.05) is 12.1 Å². The Balaban J connectivity index is 1.96. The minimum absolute atomic E-state index is 0.120. The van der Waals surface area contributed by atoms with Crippen LogP contribution in [0.3, 0.4) is 0 Å². The fourth-order valence-corrected chi connectivity index (χ4v) is 3.20. The highest BCUT2D eigenvalue weighted by molar-refractivity contribution is 5.90. The zero-order chi connectivity index (χ0) is 19.2. The molecular weight excluding hydrogens is 344 g/mol. The molecule has 3 aromatic rings. The highest BCUT2D eigenvalue weighted by Crippen LogP contribution is 2.38. The molecule has 0 saturated heterocycles. The summed E-state index contributed by atoms with van der Waals surface area (Å²) in [6, 6.07) is 10.4. The zero-order valence-corrected chi connectivity index (χ0v) is 15.7. The second-order valence-electron chi connectivity index (χ2n) is 6.93. The summed E-state index contributed by atoms with van der Waals surface area (Å²) in [6.07, 6.45) is 3.90. The summed E-state index contributed by atoms with van der Waals surface area (Å²) >= 11 is 0. The third kappa shape index (κ3) is 2.95. The van der Waals surface area contributed by atoms with E-state index in [1.54, 1.807) is 32.4 Å². The minimum atomic E-state index is -0.405. The first-order chi connectivity index (χ1) is 12.9. The first-order valence-electron chi connectivity index (χ1n) is 8.63. The quantitative estimate of drug-likeness (QED) is 0.676. The van der Waals surface area contributed by atoms with Gasteiger partial charge in [-0.1, -0.05) is 0 Å². The van der Waals surface area contributed by atoms with Crippen LogP contribution in [-0.2, 0) is 0 Å².